The van der Waals surface area contributed by atoms with Crippen LogP contribution >= 0.6 is 0 Å². The van der Waals surface area contributed by atoms with Gasteiger partial charge in [0.05, 0.1) is 18.4 Å². The van der Waals surface area contributed by atoms with Crippen molar-refractivity contribution in [1.82, 2.24) is 5.32 Å². The van der Waals surface area contributed by atoms with Gasteiger partial charge in [-0.15, -0.1) is 0 Å². The quantitative estimate of drug-likeness (QED) is 0.599. The molecule has 0 heterocycles. The minimum Gasteiger partial charge on any atom is -0.502 e. The molecule has 0 saturated carbocycles. The fourth-order valence-electron chi connectivity index (χ4n) is 1.54. The average molecular weight is 259 g/mol. The van der Waals surface area contributed by atoms with E-state index < -0.39 is 11.7 Å². The molecule has 0 aliphatic heterocycles. The van der Waals surface area contributed by atoms with Gasteiger partial charge in [0, 0.05) is 6.54 Å². The Bertz CT molecular complexity index is 377. The van der Waals surface area contributed by atoms with Gasteiger partial charge in [0.15, 0.2) is 0 Å². The molecule has 0 saturated heterocycles. The van der Waals surface area contributed by atoms with Gasteiger partial charge in [0.1, 0.15) is 0 Å². The van der Waals surface area contributed by atoms with E-state index in [9.17, 15) is 13.2 Å². The van der Waals surface area contributed by atoms with Gasteiger partial charge in [-0.3, -0.25) is 0 Å². The third-order valence-corrected chi connectivity index (χ3v) is 2.37. The van der Waals surface area contributed by atoms with Crippen LogP contribution in [0, 0.1) is 0 Å². The number of nitrogens with one attached hydrogen (secondary N) is 1. The summed E-state index contributed by atoms with van der Waals surface area (Å²) in [7, 11) is 0. The van der Waals surface area contributed by atoms with E-state index in [0.29, 0.717) is 13.2 Å². The molecule has 0 fully saturated rings. The predicted molar refractivity (Wildman–Crippen MR) is 63.9 cm³/mol. The SMILES string of the molecule is C=COCCCNCc1ccccc1C(F)(F)F. The molecule has 2 nitrogen and oxygen atoms in total. The van der Waals surface area contributed by atoms with E-state index in [4.69, 9.17) is 4.74 Å². The van der Waals surface area contributed by atoms with E-state index in [1.54, 1.807) is 6.07 Å². The van der Waals surface area contributed by atoms with Crippen molar-refractivity contribution in [3.05, 3.63) is 48.2 Å². The first-order chi connectivity index (χ1) is 8.55. The zero-order chi connectivity index (χ0) is 13.4. The first kappa shape index (κ1) is 14.6. The third-order valence-electron chi connectivity index (χ3n) is 2.37. The molecule has 0 aliphatic carbocycles. The Kier molecular flexibility index (Phi) is 5.71. The largest absolute Gasteiger partial charge is 0.502 e. The van der Waals surface area contributed by atoms with Gasteiger partial charge in [-0.25, -0.2) is 0 Å². The first-order valence-electron chi connectivity index (χ1n) is 5.64. The lowest BCUT2D eigenvalue weighted by Gasteiger charge is -2.13. The van der Waals surface area contributed by atoms with Gasteiger partial charge in [0.2, 0.25) is 0 Å². The van der Waals surface area contributed by atoms with E-state index in [0.717, 1.165) is 12.5 Å². The minimum absolute atomic E-state index is 0.198. The standard InChI is InChI=1S/C13H16F3NO/c1-2-18-9-5-8-17-10-11-6-3-4-7-12(11)13(14,15)16/h2-4,6-7,17H,1,5,8-10H2. The molecule has 1 aromatic carbocycles. The lowest BCUT2D eigenvalue weighted by Crippen LogP contribution is -2.19. The Labute approximate surface area is 104 Å². The Morgan fingerprint density at radius 3 is 2.67 bits per heavy atom. The third kappa shape index (κ3) is 4.79. The summed E-state index contributed by atoms with van der Waals surface area (Å²) in [6.45, 7) is 4.70. The molecule has 0 aromatic heterocycles. The zero-order valence-corrected chi connectivity index (χ0v) is 9.96. The fraction of sp³-hybridized carbons (Fsp3) is 0.385. The highest BCUT2D eigenvalue weighted by atomic mass is 19.4. The summed E-state index contributed by atoms with van der Waals surface area (Å²) in [6.07, 6.45) is -2.23. The number of hydrogen-bond acceptors (Lipinski definition) is 2. The highest BCUT2D eigenvalue weighted by molar-refractivity contribution is 5.29. The molecule has 1 aromatic rings. The van der Waals surface area contributed by atoms with Crippen LogP contribution in [0.5, 0.6) is 0 Å². The summed E-state index contributed by atoms with van der Waals surface area (Å²) in [4.78, 5) is 0. The van der Waals surface area contributed by atoms with Gasteiger partial charge < -0.3 is 10.1 Å². The molecule has 0 amide bonds. The second-order valence-corrected chi connectivity index (χ2v) is 3.72. The number of benzene rings is 1. The topological polar surface area (TPSA) is 21.3 Å². The lowest BCUT2D eigenvalue weighted by molar-refractivity contribution is -0.138. The predicted octanol–water partition coefficient (Wildman–Crippen LogP) is 3.35. The van der Waals surface area contributed by atoms with E-state index in [-0.39, 0.29) is 12.1 Å². The Morgan fingerprint density at radius 2 is 2.00 bits per heavy atom. The van der Waals surface area contributed by atoms with Crippen molar-refractivity contribution in [3.8, 4) is 0 Å². The molecular weight excluding hydrogens is 243 g/mol. The van der Waals surface area contributed by atoms with Gasteiger partial charge in [-0.1, -0.05) is 24.8 Å². The van der Waals surface area contributed by atoms with Crippen molar-refractivity contribution in [2.24, 2.45) is 0 Å². The van der Waals surface area contributed by atoms with Crippen molar-refractivity contribution >= 4 is 0 Å². The van der Waals surface area contributed by atoms with Crippen molar-refractivity contribution in [1.29, 1.82) is 0 Å². The number of rotatable bonds is 7. The Hall–Kier alpha value is -1.49. The van der Waals surface area contributed by atoms with E-state index in [2.05, 4.69) is 11.9 Å². The number of hydrogen-bond donors (Lipinski definition) is 1. The van der Waals surface area contributed by atoms with Crippen LogP contribution in [0.2, 0.25) is 0 Å². The first-order valence-corrected chi connectivity index (χ1v) is 5.64. The molecule has 0 spiro atoms. The van der Waals surface area contributed by atoms with Crippen molar-refractivity contribution in [3.63, 3.8) is 0 Å². The average Bonchev–Trinajstić information content (AvgIpc) is 2.33. The van der Waals surface area contributed by atoms with Crippen LogP contribution in [0.1, 0.15) is 17.5 Å². The Balaban J connectivity index is 2.45. The van der Waals surface area contributed by atoms with E-state index in [1.807, 2.05) is 0 Å². The number of alkyl halides is 3. The van der Waals surface area contributed by atoms with Gasteiger partial charge in [-0.05, 0) is 24.6 Å². The summed E-state index contributed by atoms with van der Waals surface area (Å²) in [5, 5.41) is 2.96. The van der Waals surface area contributed by atoms with Crippen molar-refractivity contribution in [2.75, 3.05) is 13.2 Å². The van der Waals surface area contributed by atoms with Crippen LogP contribution in [0.4, 0.5) is 13.2 Å². The van der Waals surface area contributed by atoms with Crippen LogP contribution in [-0.4, -0.2) is 13.2 Å². The number of ether oxygens (including phenoxy) is 1. The number of halogens is 3. The van der Waals surface area contributed by atoms with E-state index in [1.165, 1.54) is 18.4 Å². The molecule has 5 heteroatoms. The molecule has 18 heavy (non-hydrogen) atoms. The smallest absolute Gasteiger partial charge is 0.416 e. The maximum Gasteiger partial charge on any atom is 0.416 e. The van der Waals surface area contributed by atoms with Gasteiger partial charge in [-0.2, -0.15) is 13.2 Å². The highest BCUT2D eigenvalue weighted by Gasteiger charge is 2.32. The molecule has 0 radical (unpaired) electrons. The maximum absolute atomic E-state index is 12.7. The fourth-order valence-corrected chi connectivity index (χ4v) is 1.54. The van der Waals surface area contributed by atoms with Crippen LogP contribution in [0.15, 0.2) is 37.1 Å². The molecule has 0 atom stereocenters. The van der Waals surface area contributed by atoms with Crippen LogP contribution < -0.4 is 5.32 Å². The summed E-state index contributed by atoms with van der Waals surface area (Å²) in [5.74, 6) is 0. The second-order valence-electron chi connectivity index (χ2n) is 3.72. The Morgan fingerprint density at radius 1 is 1.28 bits per heavy atom. The van der Waals surface area contributed by atoms with Crippen LogP contribution in [0.3, 0.4) is 0 Å². The molecule has 0 bridgehead atoms. The monoisotopic (exact) mass is 259 g/mol. The van der Waals surface area contributed by atoms with E-state index >= 15 is 0 Å². The van der Waals surface area contributed by atoms with Crippen molar-refractivity contribution < 1.29 is 17.9 Å². The summed E-state index contributed by atoms with van der Waals surface area (Å²) >= 11 is 0. The second kappa shape index (κ2) is 7.06. The summed E-state index contributed by atoms with van der Waals surface area (Å²) < 4.78 is 42.9. The summed E-state index contributed by atoms with van der Waals surface area (Å²) in [6, 6.07) is 5.57. The molecule has 1 N–H and O–H groups in total. The van der Waals surface area contributed by atoms with Gasteiger partial charge in [0.25, 0.3) is 0 Å². The van der Waals surface area contributed by atoms with Crippen LogP contribution in [-0.2, 0) is 17.5 Å². The molecule has 0 unspecified atom stereocenters. The van der Waals surface area contributed by atoms with Gasteiger partial charge >= 0.3 is 6.18 Å². The molecule has 1 rings (SSSR count). The summed E-state index contributed by atoms with van der Waals surface area (Å²) in [5.41, 5.74) is -0.325. The maximum atomic E-state index is 12.7. The minimum atomic E-state index is -4.30. The molecule has 0 aliphatic rings. The zero-order valence-electron chi connectivity index (χ0n) is 9.96. The normalized spacial score (nSPS) is 11.3. The highest BCUT2D eigenvalue weighted by Crippen LogP contribution is 2.31. The lowest BCUT2D eigenvalue weighted by atomic mass is 10.1. The van der Waals surface area contributed by atoms with Crippen LogP contribution in [0.25, 0.3) is 0 Å². The van der Waals surface area contributed by atoms with Crippen molar-refractivity contribution in [2.45, 2.75) is 19.1 Å². The molecular formula is C13H16F3NO. The molecule has 100 valence electrons.